The number of pyridine rings is 1. The van der Waals surface area contributed by atoms with E-state index in [1.807, 2.05) is 80.6 Å². The van der Waals surface area contributed by atoms with Gasteiger partial charge in [0.05, 0.1) is 4.90 Å². The lowest BCUT2D eigenvalue weighted by Gasteiger charge is -2.29. The first-order valence-corrected chi connectivity index (χ1v) is 18.3. The van der Waals surface area contributed by atoms with Gasteiger partial charge in [0.1, 0.15) is 12.1 Å². The third-order valence-electron chi connectivity index (χ3n) is 8.96. The molecule has 3 N–H and O–H groups in total. The number of amides is 3. The minimum absolute atomic E-state index is 0.0207. The van der Waals surface area contributed by atoms with E-state index in [9.17, 15) is 22.8 Å². The van der Waals surface area contributed by atoms with Crippen molar-refractivity contribution in [3.05, 3.63) is 156 Å². The Labute approximate surface area is 303 Å². The summed E-state index contributed by atoms with van der Waals surface area (Å²) in [6, 6.07) is 29.6. The topological polar surface area (TPSA) is 141 Å². The van der Waals surface area contributed by atoms with E-state index in [0.29, 0.717) is 11.1 Å². The molecule has 0 fully saturated rings. The van der Waals surface area contributed by atoms with Crippen LogP contribution in [-0.4, -0.2) is 60.1 Å². The summed E-state index contributed by atoms with van der Waals surface area (Å²) in [6.07, 6.45) is 5.30. The molecule has 52 heavy (non-hydrogen) atoms. The molecule has 0 saturated carbocycles. The second-order valence-electron chi connectivity index (χ2n) is 12.9. The molecule has 0 radical (unpaired) electrons. The molecule has 11 heteroatoms. The highest BCUT2D eigenvalue weighted by molar-refractivity contribution is 7.90. The van der Waals surface area contributed by atoms with Crippen molar-refractivity contribution < 1.29 is 22.8 Å². The van der Waals surface area contributed by atoms with E-state index >= 15 is 0 Å². The molecule has 0 aliphatic rings. The molecule has 3 amide bonds. The lowest BCUT2D eigenvalue weighted by Crippen LogP contribution is -2.56. The highest BCUT2D eigenvalue weighted by Crippen LogP contribution is 2.23. The van der Waals surface area contributed by atoms with E-state index in [1.165, 1.54) is 17.0 Å². The number of hydrogen-bond acceptors (Lipinski definition) is 6. The average molecular weight is 714 g/mol. The molecule has 10 nitrogen and oxygen atoms in total. The SMILES string of the molecule is Cc1cc(C)cc(C(=O)N(C)C(Cc2ccc(-c3cccnc3)cc2)C(=O)NC(Cc2c[nH]c3ccccc23)C(=O)NS(=O)(=O)c2ccccc2)c1. The number of likely N-dealkylation sites (N-methyl/N-ethyl adjacent to an activating group) is 1. The number of benzene rings is 4. The van der Waals surface area contributed by atoms with Gasteiger partial charge in [-0.2, -0.15) is 0 Å². The van der Waals surface area contributed by atoms with Crippen molar-refractivity contribution in [2.75, 3.05) is 7.05 Å². The minimum atomic E-state index is -4.26. The van der Waals surface area contributed by atoms with Crippen LogP contribution in [0, 0.1) is 13.8 Å². The number of sulfonamides is 1. The fourth-order valence-corrected chi connectivity index (χ4v) is 7.34. The summed E-state index contributed by atoms with van der Waals surface area (Å²) in [6.45, 7) is 3.80. The number of H-pyrrole nitrogens is 1. The predicted molar refractivity (Wildman–Crippen MR) is 201 cm³/mol. The van der Waals surface area contributed by atoms with E-state index < -0.39 is 33.9 Å². The van der Waals surface area contributed by atoms with Gasteiger partial charge in [0.15, 0.2) is 0 Å². The zero-order chi connectivity index (χ0) is 36.8. The van der Waals surface area contributed by atoms with Gasteiger partial charge >= 0.3 is 0 Å². The van der Waals surface area contributed by atoms with Crippen molar-refractivity contribution >= 4 is 38.6 Å². The Hall–Kier alpha value is -6.07. The fourth-order valence-electron chi connectivity index (χ4n) is 6.30. The normalized spacial score (nSPS) is 12.5. The summed E-state index contributed by atoms with van der Waals surface area (Å²) < 4.78 is 28.7. The molecule has 0 aliphatic carbocycles. The van der Waals surface area contributed by atoms with Gasteiger partial charge < -0.3 is 15.2 Å². The highest BCUT2D eigenvalue weighted by Gasteiger charge is 2.33. The zero-order valence-corrected chi connectivity index (χ0v) is 29.9. The third-order valence-corrected chi connectivity index (χ3v) is 10.3. The second-order valence-corrected chi connectivity index (χ2v) is 14.5. The maximum absolute atomic E-state index is 14.4. The van der Waals surface area contributed by atoms with Crippen LogP contribution in [0.4, 0.5) is 0 Å². The Morgan fingerprint density at radius 1 is 0.788 bits per heavy atom. The molecule has 0 spiro atoms. The highest BCUT2D eigenvalue weighted by atomic mass is 32.2. The van der Waals surface area contributed by atoms with E-state index in [1.54, 1.807) is 56.0 Å². The van der Waals surface area contributed by atoms with Crippen LogP contribution < -0.4 is 10.0 Å². The molecule has 6 rings (SSSR count). The third kappa shape index (κ3) is 8.27. The van der Waals surface area contributed by atoms with Gasteiger partial charge in [0.2, 0.25) is 5.91 Å². The zero-order valence-electron chi connectivity index (χ0n) is 29.0. The van der Waals surface area contributed by atoms with E-state index in [0.717, 1.165) is 38.7 Å². The predicted octanol–water partition coefficient (Wildman–Crippen LogP) is 5.76. The minimum Gasteiger partial charge on any atom is -0.361 e. The van der Waals surface area contributed by atoms with Crippen molar-refractivity contribution in [3.8, 4) is 11.1 Å². The molecular weight excluding hydrogens is 675 g/mol. The van der Waals surface area contributed by atoms with Crippen molar-refractivity contribution in [1.82, 2.24) is 24.9 Å². The molecule has 0 aliphatic heterocycles. The van der Waals surface area contributed by atoms with Crippen molar-refractivity contribution in [2.24, 2.45) is 0 Å². The van der Waals surface area contributed by atoms with Crippen LogP contribution in [0.1, 0.15) is 32.6 Å². The van der Waals surface area contributed by atoms with Crippen molar-refractivity contribution in [3.63, 3.8) is 0 Å². The van der Waals surface area contributed by atoms with Gasteiger partial charge in [-0.15, -0.1) is 0 Å². The summed E-state index contributed by atoms with van der Waals surface area (Å²) >= 11 is 0. The Morgan fingerprint density at radius 2 is 1.48 bits per heavy atom. The molecule has 4 aromatic carbocycles. The number of aryl methyl sites for hydroxylation is 2. The fraction of sp³-hybridized carbons (Fsp3) is 0.171. The first kappa shape index (κ1) is 35.7. The summed E-state index contributed by atoms with van der Waals surface area (Å²) in [5.74, 6) is -1.90. The Kier molecular flexibility index (Phi) is 10.6. The Balaban J connectivity index is 1.33. The van der Waals surface area contributed by atoms with Gasteiger partial charge in [0, 0.05) is 54.9 Å². The summed E-state index contributed by atoms with van der Waals surface area (Å²) in [4.78, 5) is 50.9. The number of carbonyl (C=O) groups excluding carboxylic acids is 3. The Morgan fingerprint density at radius 3 is 2.17 bits per heavy atom. The molecule has 2 aromatic heterocycles. The molecule has 0 bridgehead atoms. The monoisotopic (exact) mass is 713 g/mol. The van der Waals surface area contributed by atoms with E-state index in [-0.39, 0.29) is 23.6 Å². The van der Waals surface area contributed by atoms with Crippen molar-refractivity contribution in [2.45, 2.75) is 43.7 Å². The van der Waals surface area contributed by atoms with Gasteiger partial charge in [-0.05, 0) is 72.5 Å². The van der Waals surface area contributed by atoms with Crippen LogP contribution >= 0.6 is 0 Å². The maximum Gasteiger partial charge on any atom is 0.264 e. The number of aromatic nitrogens is 2. The maximum atomic E-state index is 14.4. The molecule has 0 saturated heterocycles. The van der Waals surface area contributed by atoms with Crippen LogP contribution in [-0.2, 0) is 32.5 Å². The van der Waals surface area contributed by atoms with Crippen LogP contribution in [0.15, 0.2) is 133 Å². The smallest absolute Gasteiger partial charge is 0.264 e. The molecule has 6 aromatic rings. The summed E-state index contributed by atoms with van der Waals surface area (Å²) in [7, 11) is -2.70. The first-order chi connectivity index (χ1) is 25.0. The number of hydrogen-bond donors (Lipinski definition) is 3. The second kappa shape index (κ2) is 15.4. The molecule has 264 valence electrons. The standard InChI is InChI=1S/C41H39N5O5S/c1-27-20-28(2)22-32(21-27)41(49)46(3)38(23-29-15-17-30(18-16-29)31-10-9-19-42-25-31)40(48)44-37(24-33-26-43-36-14-8-7-13-35(33)36)39(47)45-52(50,51)34-11-5-4-6-12-34/h4-22,25-26,37-38,43H,23-24H2,1-3H3,(H,44,48)(H,45,47). The number of fused-ring (bicyclic) bond motifs is 1. The first-order valence-electron chi connectivity index (χ1n) is 16.8. The number of para-hydroxylation sites is 1. The van der Waals surface area contributed by atoms with Crippen LogP contribution in [0.5, 0.6) is 0 Å². The number of aromatic amines is 1. The van der Waals surface area contributed by atoms with Gasteiger partial charge in [-0.25, -0.2) is 13.1 Å². The largest absolute Gasteiger partial charge is 0.361 e. The number of carbonyl (C=O) groups is 3. The summed E-state index contributed by atoms with van der Waals surface area (Å²) in [5.41, 5.74) is 6.40. The van der Waals surface area contributed by atoms with Gasteiger partial charge in [-0.1, -0.05) is 83.9 Å². The van der Waals surface area contributed by atoms with E-state index in [4.69, 9.17) is 0 Å². The molecule has 2 heterocycles. The number of nitrogens with zero attached hydrogens (tertiary/aromatic N) is 2. The summed E-state index contributed by atoms with van der Waals surface area (Å²) in [5, 5.41) is 3.66. The lowest BCUT2D eigenvalue weighted by atomic mass is 9.98. The van der Waals surface area contributed by atoms with Gasteiger partial charge in [0.25, 0.3) is 21.8 Å². The van der Waals surface area contributed by atoms with Gasteiger partial charge in [-0.3, -0.25) is 19.4 Å². The van der Waals surface area contributed by atoms with Crippen molar-refractivity contribution in [1.29, 1.82) is 0 Å². The molecule has 2 atom stereocenters. The average Bonchev–Trinajstić information content (AvgIpc) is 3.56. The van der Waals surface area contributed by atoms with Crippen LogP contribution in [0.25, 0.3) is 22.0 Å². The number of rotatable bonds is 12. The quantitative estimate of drug-likeness (QED) is 0.147. The van der Waals surface area contributed by atoms with E-state index in [2.05, 4.69) is 20.0 Å². The molecular formula is C41H39N5O5S. The Bertz CT molecular complexity index is 2300. The number of nitrogens with one attached hydrogen (secondary N) is 3. The van der Waals surface area contributed by atoms with Crippen LogP contribution in [0.2, 0.25) is 0 Å². The molecule has 2 unspecified atom stereocenters. The lowest BCUT2D eigenvalue weighted by molar-refractivity contribution is -0.130. The van der Waals surface area contributed by atoms with Crippen LogP contribution in [0.3, 0.4) is 0 Å².